The highest BCUT2D eigenvalue weighted by atomic mass is 32.1. The van der Waals surface area contributed by atoms with Crippen LogP contribution < -0.4 is 0 Å². The standard InChI is InChI=1S/C11H13NO2S/c1-7-8(5-12)3-2-4-9(7)11(14)10(13)6-15/h2-4,10-11,13-15H,6H2,1H3. The Hall–Kier alpha value is -1.02. The molecule has 0 spiro atoms. The van der Waals surface area contributed by atoms with Crippen LogP contribution in [0.5, 0.6) is 0 Å². The number of rotatable bonds is 3. The number of nitrogens with zero attached hydrogens (tertiary/aromatic N) is 1. The molecule has 0 aliphatic rings. The summed E-state index contributed by atoms with van der Waals surface area (Å²) in [4.78, 5) is 0. The fraction of sp³-hybridized carbons (Fsp3) is 0.364. The Morgan fingerprint density at radius 2 is 2.13 bits per heavy atom. The molecule has 2 N–H and O–H groups in total. The number of nitriles is 1. The number of aliphatic hydroxyl groups is 2. The maximum Gasteiger partial charge on any atom is 0.106 e. The van der Waals surface area contributed by atoms with Crippen LogP contribution in [0.2, 0.25) is 0 Å². The van der Waals surface area contributed by atoms with E-state index in [-0.39, 0.29) is 5.75 Å². The first-order valence-corrected chi connectivity index (χ1v) is 5.21. The second-order valence-corrected chi connectivity index (χ2v) is 3.69. The number of benzene rings is 1. The minimum atomic E-state index is -0.990. The molecule has 4 heteroatoms. The molecule has 3 nitrogen and oxygen atoms in total. The van der Waals surface area contributed by atoms with E-state index >= 15 is 0 Å². The summed E-state index contributed by atoms with van der Waals surface area (Å²) in [5.74, 6) is 0.178. The first kappa shape index (κ1) is 12.1. The minimum Gasteiger partial charge on any atom is -0.389 e. The monoisotopic (exact) mass is 223 g/mol. The van der Waals surface area contributed by atoms with Gasteiger partial charge >= 0.3 is 0 Å². The Morgan fingerprint density at radius 1 is 1.47 bits per heavy atom. The maximum absolute atomic E-state index is 9.78. The molecule has 2 atom stereocenters. The van der Waals surface area contributed by atoms with Gasteiger partial charge in [-0.1, -0.05) is 12.1 Å². The summed E-state index contributed by atoms with van der Waals surface area (Å²) in [7, 11) is 0. The van der Waals surface area contributed by atoms with Crippen LogP contribution in [0.15, 0.2) is 18.2 Å². The lowest BCUT2D eigenvalue weighted by Gasteiger charge is -2.18. The van der Waals surface area contributed by atoms with E-state index in [9.17, 15) is 10.2 Å². The van der Waals surface area contributed by atoms with Crippen LogP contribution >= 0.6 is 12.6 Å². The van der Waals surface area contributed by atoms with Crippen LogP contribution in [0, 0.1) is 18.3 Å². The summed E-state index contributed by atoms with van der Waals surface area (Å²) in [5, 5.41) is 28.1. The van der Waals surface area contributed by atoms with Crippen molar-refractivity contribution < 1.29 is 10.2 Å². The highest BCUT2D eigenvalue weighted by Gasteiger charge is 2.19. The van der Waals surface area contributed by atoms with Gasteiger partial charge < -0.3 is 10.2 Å². The van der Waals surface area contributed by atoms with Crippen molar-refractivity contribution in [3.63, 3.8) is 0 Å². The molecule has 0 aliphatic heterocycles. The molecule has 0 aromatic heterocycles. The zero-order valence-electron chi connectivity index (χ0n) is 8.38. The Morgan fingerprint density at radius 3 is 2.67 bits per heavy atom. The predicted octanol–water partition coefficient (Wildman–Crippen LogP) is 1.19. The molecule has 0 fully saturated rings. The molecule has 0 aliphatic carbocycles. The van der Waals surface area contributed by atoms with Crippen LogP contribution in [0.3, 0.4) is 0 Å². The number of hydrogen-bond donors (Lipinski definition) is 3. The second kappa shape index (κ2) is 5.17. The lowest BCUT2D eigenvalue weighted by Crippen LogP contribution is -2.20. The summed E-state index contributed by atoms with van der Waals surface area (Å²) in [6, 6.07) is 7.11. The van der Waals surface area contributed by atoms with Crippen LogP contribution in [0.1, 0.15) is 22.8 Å². The third-order valence-electron chi connectivity index (χ3n) is 2.37. The quantitative estimate of drug-likeness (QED) is 0.674. The van der Waals surface area contributed by atoms with Crippen LogP contribution in [-0.2, 0) is 0 Å². The first-order valence-electron chi connectivity index (χ1n) is 4.58. The molecule has 0 radical (unpaired) electrons. The van der Waals surface area contributed by atoms with E-state index < -0.39 is 12.2 Å². The van der Waals surface area contributed by atoms with Crippen molar-refractivity contribution in [1.29, 1.82) is 5.26 Å². The molecule has 0 amide bonds. The van der Waals surface area contributed by atoms with E-state index in [2.05, 4.69) is 12.6 Å². The second-order valence-electron chi connectivity index (χ2n) is 3.33. The van der Waals surface area contributed by atoms with Gasteiger partial charge in [0.2, 0.25) is 0 Å². The van der Waals surface area contributed by atoms with Crippen molar-refractivity contribution in [2.75, 3.05) is 5.75 Å². The molecular formula is C11H13NO2S. The largest absolute Gasteiger partial charge is 0.389 e. The fourth-order valence-electron chi connectivity index (χ4n) is 1.40. The van der Waals surface area contributed by atoms with Crippen molar-refractivity contribution in [3.05, 3.63) is 34.9 Å². The Labute approximate surface area is 94.4 Å². The topological polar surface area (TPSA) is 64.2 Å². The summed E-state index contributed by atoms with van der Waals surface area (Å²) < 4.78 is 0. The summed E-state index contributed by atoms with van der Waals surface area (Å²) in [6.07, 6.45) is -1.91. The Bertz CT molecular complexity index is 387. The molecule has 1 aromatic carbocycles. The van der Waals surface area contributed by atoms with Gasteiger partial charge in [0.25, 0.3) is 0 Å². The third kappa shape index (κ3) is 2.51. The maximum atomic E-state index is 9.78. The summed E-state index contributed by atoms with van der Waals surface area (Å²) in [5.41, 5.74) is 1.79. The Balaban J connectivity index is 3.10. The molecule has 0 saturated heterocycles. The molecule has 2 unspecified atom stereocenters. The fourth-order valence-corrected chi connectivity index (χ4v) is 1.60. The van der Waals surface area contributed by atoms with E-state index in [0.29, 0.717) is 16.7 Å². The van der Waals surface area contributed by atoms with E-state index in [1.165, 1.54) is 0 Å². The average Bonchev–Trinajstić information content (AvgIpc) is 2.27. The first-order chi connectivity index (χ1) is 7.11. The number of hydrogen-bond acceptors (Lipinski definition) is 4. The van der Waals surface area contributed by atoms with Gasteiger partial charge in [-0.15, -0.1) is 0 Å². The van der Waals surface area contributed by atoms with Gasteiger partial charge in [0.05, 0.1) is 17.7 Å². The lowest BCUT2D eigenvalue weighted by atomic mass is 9.96. The van der Waals surface area contributed by atoms with Crippen molar-refractivity contribution in [3.8, 4) is 6.07 Å². The molecule has 0 bridgehead atoms. The highest BCUT2D eigenvalue weighted by Crippen LogP contribution is 2.23. The van der Waals surface area contributed by atoms with Crippen molar-refractivity contribution in [2.24, 2.45) is 0 Å². The van der Waals surface area contributed by atoms with Crippen LogP contribution in [0.25, 0.3) is 0 Å². The molecule has 80 valence electrons. The van der Waals surface area contributed by atoms with Gasteiger partial charge in [-0.2, -0.15) is 17.9 Å². The van der Waals surface area contributed by atoms with E-state index in [4.69, 9.17) is 5.26 Å². The van der Waals surface area contributed by atoms with Crippen molar-refractivity contribution >= 4 is 12.6 Å². The highest BCUT2D eigenvalue weighted by molar-refractivity contribution is 7.80. The van der Waals surface area contributed by atoms with Gasteiger partial charge in [-0.3, -0.25) is 0 Å². The van der Waals surface area contributed by atoms with E-state index in [1.807, 2.05) is 6.07 Å². The predicted molar refractivity (Wildman–Crippen MR) is 60.7 cm³/mol. The van der Waals surface area contributed by atoms with Crippen molar-refractivity contribution in [2.45, 2.75) is 19.1 Å². The van der Waals surface area contributed by atoms with E-state index in [0.717, 1.165) is 0 Å². The zero-order chi connectivity index (χ0) is 11.4. The average molecular weight is 223 g/mol. The number of aliphatic hydroxyl groups excluding tert-OH is 2. The summed E-state index contributed by atoms with van der Waals surface area (Å²) >= 11 is 3.91. The summed E-state index contributed by atoms with van der Waals surface area (Å²) in [6.45, 7) is 1.75. The van der Waals surface area contributed by atoms with Crippen LogP contribution in [0.4, 0.5) is 0 Å². The normalized spacial score (nSPS) is 14.3. The number of thiol groups is 1. The molecule has 0 saturated carbocycles. The third-order valence-corrected chi connectivity index (χ3v) is 2.74. The smallest absolute Gasteiger partial charge is 0.106 e. The van der Waals surface area contributed by atoms with E-state index in [1.54, 1.807) is 25.1 Å². The molecule has 1 aromatic rings. The van der Waals surface area contributed by atoms with Crippen molar-refractivity contribution in [1.82, 2.24) is 0 Å². The lowest BCUT2D eigenvalue weighted by molar-refractivity contribution is 0.0333. The molecule has 15 heavy (non-hydrogen) atoms. The van der Waals surface area contributed by atoms with Gasteiger partial charge in [0, 0.05) is 5.75 Å². The van der Waals surface area contributed by atoms with Crippen LogP contribution in [-0.4, -0.2) is 22.1 Å². The van der Waals surface area contributed by atoms with Gasteiger partial charge in [-0.25, -0.2) is 0 Å². The molecule has 0 heterocycles. The van der Waals surface area contributed by atoms with Gasteiger partial charge in [0.15, 0.2) is 0 Å². The van der Waals surface area contributed by atoms with Gasteiger partial charge in [-0.05, 0) is 24.1 Å². The minimum absolute atomic E-state index is 0.178. The zero-order valence-corrected chi connectivity index (χ0v) is 9.28. The molecule has 1 rings (SSSR count). The Kier molecular flexibility index (Phi) is 4.15. The SMILES string of the molecule is Cc1c(C#N)cccc1C(O)C(O)CS. The van der Waals surface area contributed by atoms with Gasteiger partial charge in [0.1, 0.15) is 6.10 Å². The molecular weight excluding hydrogens is 210 g/mol.